The number of nitrogens with zero attached hydrogens (tertiary/aromatic N) is 1. The minimum Gasteiger partial charge on any atom is -0.489 e. The number of nitriles is 1. The Hall–Kier alpha value is -3.15. The van der Waals surface area contributed by atoms with E-state index in [4.69, 9.17) is 4.74 Å². The molecule has 5 rings (SSSR count). The molecule has 3 N–H and O–H groups in total. The number of halogens is 1. The Morgan fingerprint density at radius 3 is 2.41 bits per heavy atom. The zero-order valence-electron chi connectivity index (χ0n) is 22.7. The maximum Gasteiger partial charge on any atom is 0.309 e. The molecule has 4 atom stereocenters. The summed E-state index contributed by atoms with van der Waals surface area (Å²) in [7, 11) is 0. The number of ether oxygens (including phenoxy) is 1. The number of carbonyl (C=O) groups is 3. The molecule has 1 aromatic carbocycles. The minimum absolute atomic E-state index is 0.0164. The van der Waals surface area contributed by atoms with Gasteiger partial charge in [-0.25, -0.2) is 4.39 Å². The SMILES string of the molecule is CC1(CNC(=O)[C@H]2[C@H]3CC[C@H](C3)[C@H]2NC(=O)c2cc(OC3CCC(C)(C(=O)O)CC3)c(C#N)cc2F)CCC1. The lowest BCUT2D eigenvalue weighted by molar-refractivity contribution is -0.150. The first kappa shape index (κ1) is 27.4. The first-order valence-electron chi connectivity index (χ1n) is 14.2. The normalized spacial score (nSPS) is 32.5. The van der Waals surface area contributed by atoms with Crippen molar-refractivity contribution in [1.82, 2.24) is 10.6 Å². The van der Waals surface area contributed by atoms with Gasteiger partial charge in [-0.15, -0.1) is 0 Å². The smallest absolute Gasteiger partial charge is 0.309 e. The molecule has 0 heterocycles. The molecule has 4 fully saturated rings. The molecule has 0 aliphatic heterocycles. The summed E-state index contributed by atoms with van der Waals surface area (Å²) in [6.07, 6.45) is 7.63. The largest absolute Gasteiger partial charge is 0.489 e. The summed E-state index contributed by atoms with van der Waals surface area (Å²) in [6.45, 7) is 4.53. The molecular formula is C30H38FN3O5. The van der Waals surface area contributed by atoms with Gasteiger partial charge in [-0.05, 0) is 94.1 Å². The summed E-state index contributed by atoms with van der Waals surface area (Å²) < 4.78 is 21.1. The Labute approximate surface area is 228 Å². The number of nitrogens with one attached hydrogen (secondary N) is 2. The molecule has 39 heavy (non-hydrogen) atoms. The first-order chi connectivity index (χ1) is 18.5. The van der Waals surface area contributed by atoms with Gasteiger partial charge in [0.05, 0.1) is 28.6 Å². The minimum atomic E-state index is -0.843. The third kappa shape index (κ3) is 5.35. The summed E-state index contributed by atoms with van der Waals surface area (Å²) >= 11 is 0. The zero-order chi connectivity index (χ0) is 27.9. The van der Waals surface area contributed by atoms with Crippen LogP contribution in [-0.4, -0.2) is 41.6 Å². The number of hydrogen-bond donors (Lipinski definition) is 3. The van der Waals surface area contributed by atoms with E-state index in [1.165, 1.54) is 12.5 Å². The molecule has 0 saturated heterocycles. The second-order valence-corrected chi connectivity index (χ2v) is 12.9. The van der Waals surface area contributed by atoms with Crippen molar-refractivity contribution >= 4 is 17.8 Å². The lowest BCUT2D eigenvalue weighted by Crippen LogP contribution is -2.51. The molecule has 0 radical (unpaired) electrons. The van der Waals surface area contributed by atoms with Gasteiger partial charge in [0.25, 0.3) is 5.91 Å². The molecule has 210 valence electrons. The number of rotatable bonds is 8. The lowest BCUT2D eigenvalue weighted by Gasteiger charge is -2.39. The summed E-state index contributed by atoms with van der Waals surface area (Å²) in [5.41, 5.74) is -0.903. The van der Waals surface area contributed by atoms with Crippen molar-refractivity contribution < 1.29 is 28.6 Å². The van der Waals surface area contributed by atoms with Gasteiger partial charge in [0, 0.05) is 12.6 Å². The van der Waals surface area contributed by atoms with E-state index in [9.17, 15) is 24.8 Å². The number of carboxylic acids is 1. The molecule has 8 nitrogen and oxygen atoms in total. The van der Waals surface area contributed by atoms with Crippen LogP contribution in [0.25, 0.3) is 0 Å². The molecule has 2 amide bonds. The summed E-state index contributed by atoms with van der Waals surface area (Å²) in [6, 6.07) is 3.86. The highest BCUT2D eigenvalue weighted by atomic mass is 19.1. The van der Waals surface area contributed by atoms with Gasteiger partial charge in [-0.1, -0.05) is 13.3 Å². The molecule has 0 spiro atoms. The van der Waals surface area contributed by atoms with Crippen molar-refractivity contribution in [3.63, 3.8) is 0 Å². The Morgan fingerprint density at radius 2 is 1.79 bits per heavy atom. The van der Waals surface area contributed by atoms with E-state index in [0.29, 0.717) is 32.2 Å². The van der Waals surface area contributed by atoms with Gasteiger partial charge in [0.1, 0.15) is 17.6 Å². The fraction of sp³-hybridized carbons (Fsp3) is 0.667. The van der Waals surface area contributed by atoms with Crippen LogP contribution < -0.4 is 15.4 Å². The van der Waals surface area contributed by atoms with E-state index >= 15 is 4.39 Å². The Bertz CT molecular complexity index is 1200. The predicted octanol–water partition coefficient (Wildman–Crippen LogP) is 4.56. The number of carboxylic acid groups (broad SMARTS) is 1. The van der Waals surface area contributed by atoms with Gasteiger partial charge >= 0.3 is 5.97 Å². The van der Waals surface area contributed by atoms with Gasteiger partial charge in [-0.2, -0.15) is 5.26 Å². The Kier molecular flexibility index (Phi) is 7.34. The number of fused-ring (bicyclic) bond motifs is 2. The topological polar surface area (TPSA) is 129 Å². The zero-order valence-corrected chi connectivity index (χ0v) is 22.7. The number of benzene rings is 1. The fourth-order valence-corrected chi connectivity index (χ4v) is 7.13. The van der Waals surface area contributed by atoms with E-state index in [0.717, 1.165) is 38.2 Å². The molecule has 4 saturated carbocycles. The fourth-order valence-electron chi connectivity index (χ4n) is 7.13. The molecule has 9 heteroatoms. The lowest BCUT2D eigenvalue weighted by atomic mass is 9.70. The van der Waals surface area contributed by atoms with Crippen LogP contribution in [0.2, 0.25) is 0 Å². The standard InChI is InChI=1S/C30H38FN3O5/c1-29(8-3-9-29)16-33-27(36)24-17-4-5-18(12-17)25(24)34-26(35)21-14-23(19(15-32)13-22(21)31)39-20-6-10-30(2,11-7-20)28(37)38/h13-14,17-18,20,24-25H,3-12,16H2,1-2H3,(H,33,36)(H,34,35)(H,37,38)/t17-,18+,20?,24-,25+,30?/m0/s1. The van der Waals surface area contributed by atoms with Crippen molar-refractivity contribution in [2.75, 3.05) is 6.54 Å². The maximum absolute atomic E-state index is 15.0. The van der Waals surface area contributed by atoms with Crippen LogP contribution in [0.15, 0.2) is 12.1 Å². The van der Waals surface area contributed by atoms with Crippen LogP contribution in [0.5, 0.6) is 5.75 Å². The second kappa shape index (κ2) is 10.4. The quantitative estimate of drug-likeness (QED) is 0.444. The van der Waals surface area contributed by atoms with Crippen molar-refractivity contribution in [3.05, 3.63) is 29.1 Å². The highest BCUT2D eigenvalue weighted by Gasteiger charge is 2.51. The summed E-state index contributed by atoms with van der Waals surface area (Å²) in [5.74, 6) is -2.15. The molecule has 1 aromatic rings. The van der Waals surface area contributed by atoms with Crippen LogP contribution in [0, 0.1) is 45.7 Å². The number of carbonyl (C=O) groups excluding carboxylic acids is 2. The molecule has 4 aliphatic rings. The Balaban J connectivity index is 1.28. The highest BCUT2D eigenvalue weighted by molar-refractivity contribution is 5.96. The number of hydrogen-bond acceptors (Lipinski definition) is 5. The van der Waals surface area contributed by atoms with Crippen LogP contribution >= 0.6 is 0 Å². The van der Waals surface area contributed by atoms with Crippen LogP contribution in [0.4, 0.5) is 4.39 Å². The second-order valence-electron chi connectivity index (χ2n) is 12.9. The molecule has 0 unspecified atom stereocenters. The van der Waals surface area contributed by atoms with Crippen molar-refractivity contribution in [1.29, 1.82) is 5.26 Å². The summed E-state index contributed by atoms with van der Waals surface area (Å²) in [4.78, 5) is 38.1. The third-order valence-corrected chi connectivity index (χ3v) is 10.0. The first-order valence-corrected chi connectivity index (χ1v) is 14.2. The van der Waals surface area contributed by atoms with Gasteiger partial charge in [-0.3, -0.25) is 14.4 Å². The van der Waals surface area contributed by atoms with E-state index in [-0.39, 0.29) is 58.1 Å². The molecular weight excluding hydrogens is 501 g/mol. The number of amides is 2. The van der Waals surface area contributed by atoms with Crippen LogP contribution in [-0.2, 0) is 9.59 Å². The van der Waals surface area contributed by atoms with Crippen molar-refractivity contribution in [2.24, 2.45) is 28.6 Å². The summed E-state index contributed by atoms with van der Waals surface area (Å²) in [5, 5.41) is 25.1. The van der Waals surface area contributed by atoms with Gasteiger partial charge < -0.3 is 20.5 Å². The Morgan fingerprint density at radius 1 is 1.10 bits per heavy atom. The monoisotopic (exact) mass is 539 g/mol. The van der Waals surface area contributed by atoms with Crippen LogP contribution in [0.3, 0.4) is 0 Å². The van der Waals surface area contributed by atoms with Crippen molar-refractivity contribution in [3.8, 4) is 11.8 Å². The molecule has 4 aliphatic carbocycles. The maximum atomic E-state index is 15.0. The third-order valence-electron chi connectivity index (χ3n) is 10.0. The van der Waals surface area contributed by atoms with E-state index in [1.807, 2.05) is 6.07 Å². The van der Waals surface area contributed by atoms with Gasteiger partial charge in [0.2, 0.25) is 5.91 Å². The van der Waals surface area contributed by atoms with E-state index < -0.39 is 23.1 Å². The van der Waals surface area contributed by atoms with Gasteiger partial charge in [0.15, 0.2) is 0 Å². The predicted molar refractivity (Wildman–Crippen MR) is 140 cm³/mol. The van der Waals surface area contributed by atoms with E-state index in [1.54, 1.807) is 6.92 Å². The molecule has 2 bridgehead atoms. The van der Waals surface area contributed by atoms with E-state index in [2.05, 4.69) is 17.6 Å². The van der Waals surface area contributed by atoms with Crippen LogP contribution in [0.1, 0.15) is 94.0 Å². The average molecular weight is 540 g/mol. The highest BCUT2D eigenvalue weighted by Crippen LogP contribution is 2.49. The molecule has 0 aromatic heterocycles. The average Bonchev–Trinajstić information content (AvgIpc) is 3.50. The van der Waals surface area contributed by atoms with Crippen molar-refractivity contribution in [2.45, 2.75) is 90.2 Å². The number of aliphatic carboxylic acids is 1.